The molecule has 0 aliphatic carbocycles. The fourth-order valence-corrected chi connectivity index (χ4v) is 2.68. The van der Waals surface area contributed by atoms with E-state index in [4.69, 9.17) is 4.74 Å². The van der Waals surface area contributed by atoms with Gasteiger partial charge >= 0.3 is 0 Å². The maximum atomic E-state index is 13.1. The van der Waals surface area contributed by atoms with Crippen LogP contribution in [0.25, 0.3) is 11.4 Å². The highest BCUT2D eigenvalue weighted by molar-refractivity contribution is 5.81. The van der Waals surface area contributed by atoms with Gasteiger partial charge in [-0.25, -0.2) is 4.39 Å². The summed E-state index contributed by atoms with van der Waals surface area (Å²) >= 11 is 0. The van der Waals surface area contributed by atoms with Crippen molar-refractivity contribution in [2.75, 3.05) is 12.4 Å². The SMILES string of the molecule is COc1ccc(-c2nc(NCc3ccc(F)cc3)n(C(=O)CC(C)C)n2)cc1. The van der Waals surface area contributed by atoms with Gasteiger partial charge in [0.15, 0.2) is 5.82 Å². The average Bonchev–Trinajstić information content (AvgIpc) is 3.11. The Morgan fingerprint density at radius 2 is 1.82 bits per heavy atom. The number of benzene rings is 2. The van der Waals surface area contributed by atoms with Crippen LogP contribution in [0.2, 0.25) is 0 Å². The molecule has 28 heavy (non-hydrogen) atoms. The fraction of sp³-hybridized carbons (Fsp3) is 0.286. The summed E-state index contributed by atoms with van der Waals surface area (Å²) in [5.41, 5.74) is 1.65. The fourth-order valence-electron chi connectivity index (χ4n) is 2.68. The first-order chi connectivity index (χ1) is 13.5. The van der Waals surface area contributed by atoms with Gasteiger partial charge in [-0.2, -0.15) is 9.67 Å². The Morgan fingerprint density at radius 1 is 1.14 bits per heavy atom. The smallest absolute Gasteiger partial charge is 0.250 e. The van der Waals surface area contributed by atoms with E-state index in [1.54, 1.807) is 19.2 Å². The van der Waals surface area contributed by atoms with E-state index < -0.39 is 0 Å². The molecule has 0 amide bonds. The Kier molecular flexibility index (Phi) is 6.03. The van der Waals surface area contributed by atoms with E-state index in [9.17, 15) is 9.18 Å². The molecule has 0 bridgehead atoms. The van der Waals surface area contributed by atoms with E-state index in [1.807, 2.05) is 38.1 Å². The van der Waals surface area contributed by atoms with Crippen molar-refractivity contribution in [2.24, 2.45) is 5.92 Å². The van der Waals surface area contributed by atoms with Crippen LogP contribution < -0.4 is 10.1 Å². The second-order valence-electron chi connectivity index (χ2n) is 6.87. The number of methoxy groups -OCH3 is 1. The second kappa shape index (κ2) is 8.65. The van der Waals surface area contributed by atoms with Crippen molar-refractivity contribution in [1.82, 2.24) is 14.8 Å². The van der Waals surface area contributed by atoms with Crippen LogP contribution in [0.1, 0.15) is 30.6 Å². The van der Waals surface area contributed by atoms with Crippen molar-refractivity contribution >= 4 is 11.9 Å². The van der Waals surface area contributed by atoms with E-state index in [2.05, 4.69) is 15.4 Å². The van der Waals surface area contributed by atoms with Crippen LogP contribution in [0.5, 0.6) is 5.75 Å². The van der Waals surface area contributed by atoms with E-state index in [0.717, 1.165) is 16.9 Å². The van der Waals surface area contributed by atoms with Gasteiger partial charge in [0, 0.05) is 18.5 Å². The van der Waals surface area contributed by atoms with Crippen molar-refractivity contribution in [1.29, 1.82) is 0 Å². The third-order valence-electron chi connectivity index (χ3n) is 4.14. The molecule has 0 aliphatic rings. The maximum Gasteiger partial charge on any atom is 0.250 e. The zero-order valence-corrected chi connectivity index (χ0v) is 16.1. The molecule has 6 nitrogen and oxygen atoms in total. The molecule has 3 rings (SSSR count). The second-order valence-corrected chi connectivity index (χ2v) is 6.87. The summed E-state index contributed by atoms with van der Waals surface area (Å²) in [6, 6.07) is 13.5. The first kappa shape index (κ1) is 19.5. The van der Waals surface area contributed by atoms with Crippen molar-refractivity contribution in [3.05, 3.63) is 59.9 Å². The van der Waals surface area contributed by atoms with Crippen LogP contribution in [-0.4, -0.2) is 27.8 Å². The number of carbonyl (C=O) groups is 1. The van der Waals surface area contributed by atoms with Gasteiger partial charge < -0.3 is 10.1 Å². The summed E-state index contributed by atoms with van der Waals surface area (Å²) in [7, 11) is 1.60. The number of halogens is 1. The van der Waals surface area contributed by atoms with Gasteiger partial charge in [0.2, 0.25) is 11.9 Å². The Labute approximate surface area is 163 Å². The number of aromatic nitrogens is 3. The van der Waals surface area contributed by atoms with Crippen LogP contribution >= 0.6 is 0 Å². The lowest BCUT2D eigenvalue weighted by Gasteiger charge is -2.08. The summed E-state index contributed by atoms with van der Waals surface area (Å²) in [5, 5.41) is 7.55. The zero-order chi connectivity index (χ0) is 20.1. The maximum absolute atomic E-state index is 13.1. The normalized spacial score (nSPS) is 10.9. The number of rotatable bonds is 7. The monoisotopic (exact) mass is 382 g/mol. The van der Waals surface area contributed by atoms with Gasteiger partial charge in [-0.05, 0) is 47.9 Å². The molecule has 0 fully saturated rings. The number of hydrogen-bond donors (Lipinski definition) is 1. The van der Waals surface area contributed by atoms with E-state index >= 15 is 0 Å². The van der Waals surface area contributed by atoms with E-state index in [1.165, 1.54) is 16.8 Å². The summed E-state index contributed by atoms with van der Waals surface area (Å²) in [5.74, 6) is 1.31. The van der Waals surface area contributed by atoms with Crippen molar-refractivity contribution in [2.45, 2.75) is 26.8 Å². The summed E-state index contributed by atoms with van der Waals surface area (Å²) < 4.78 is 19.6. The minimum absolute atomic E-state index is 0.135. The molecular weight excluding hydrogens is 359 g/mol. The highest BCUT2D eigenvalue weighted by atomic mass is 19.1. The Morgan fingerprint density at radius 3 is 2.43 bits per heavy atom. The Balaban J connectivity index is 1.87. The Hall–Kier alpha value is -3.22. The lowest BCUT2D eigenvalue weighted by molar-refractivity contribution is 0.0873. The van der Waals surface area contributed by atoms with Gasteiger partial charge in [-0.15, -0.1) is 5.10 Å². The van der Waals surface area contributed by atoms with Crippen LogP contribution in [0.4, 0.5) is 10.3 Å². The molecule has 0 unspecified atom stereocenters. The summed E-state index contributed by atoms with van der Waals surface area (Å²) in [6.07, 6.45) is 0.358. The van der Waals surface area contributed by atoms with Gasteiger partial charge in [-0.1, -0.05) is 26.0 Å². The number of anilines is 1. The minimum Gasteiger partial charge on any atom is -0.497 e. The molecule has 0 spiro atoms. The molecule has 3 aromatic rings. The van der Waals surface area contributed by atoms with Crippen LogP contribution in [-0.2, 0) is 6.54 Å². The quantitative estimate of drug-likeness (QED) is 0.656. The lowest BCUT2D eigenvalue weighted by Crippen LogP contribution is -2.18. The molecule has 2 aromatic carbocycles. The van der Waals surface area contributed by atoms with Gasteiger partial charge in [0.25, 0.3) is 0 Å². The van der Waals surface area contributed by atoms with Crippen LogP contribution in [0, 0.1) is 11.7 Å². The van der Waals surface area contributed by atoms with E-state index in [0.29, 0.717) is 24.7 Å². The highest BCUT2D eigenvalue weighted by Crippen LogP contribution is 2.22. The topological polar surface area (TPSA) is 69.0 Å². The predicted octanol–water partition coefficient (Wildman–Crippen LogP) is 4.39. The Bertz CT molecular complexity index is 934. The molecule has 0 atom stereocenters. The van der Waals surface area contributed by atoms with Crippen LogP contribution in [0.15, 0.2) is 48.5 Å². The highest BCUT2D eigenvalue weighted by Gasteiger charge is 2.18. The molecule has 7 heteroatoms. The van der Waals surface area contributed by atoms with Crippen molar-refractivity contribution < 1.29 is 13.9 Å². The summed E-state index contributed by atoms with van der Waals surface area (Å²) in [4.78, 5) is 17.1. The third-order valence-corrected chi connectivity index (χ3v) is 4.14. The molecular formula is C21H23FN4O2. The first-order valence-electron chi connectivity index (χ1n) is 9.09. The van der Waals surface area contributed by atoms with Gasteiger partial charge in [-0.3, -0.25) is 4.79 Å². The molecule has 0 saturated carbocycles. The number of nitrogens with zero attached hydrogens (tertiary/aromatic N) is 3. The molecule has 1 N–H and O–H groups in total. The summed E-state index contributed by atoms with van der Waals surface area (Å²) in [6.45, 7) is 4.35. The third kappa shape index (κ3) is 4.73. The van der Waals surface area contributed by atoms with E-state index in [-0.39, 0.29) is 17.6 Å². The predicted molar refractivity (Wildman–Crippen MR) is 106 cm³/mol. The lowest BCUT2D eigenvalue weighted by atomic mass is 10.1. The zero-order valence-electron chi connectivity index (χ0n) is 16.1. The van der Waals surface area contributed by atoms with Crippen LogP contribution in [0.3, 0.4) is 0 Å². The molecule has 1 heterocycles. The molecule has 1 aromatic heterocycles. The molecule has 0 radical (unpaired) electrons. The standard InChI is InChI=1S/C21H23FN4O2/c1-14(2)12-19(27)26-21(23-13-15-4-8-17(22)9-5-15)24-20(25-26)16-6-10-18(28-3)11-7-16/h4-11,14H,12-13H2,1-3H3,(H,23,24,25). The minimum atomic E-state index is -0.291. The van der Waals surface area contributed by atoms with Crippen molar-refractivity contribution in [3.8, 4) is 17.1 Å². The average molecular weight is 382 g/mol. The van der Waals surface area contributed by atoms with Gasteiger partial charge in [0.05, 0.1) is 7.11 Å². The molecule has 146 valence electrons. The van der Waals surface area contributed by atoms with Gasteiger partial charge in [0.1, 0.15) is 11.6 Å². The largest absolute Gasteiger partial charge is 0.497 e. The number of nitrogens with one attached hydrogen (secondary N) is 1. The molecule has 0 aliphatic heterocycles. The molecule has 0 saturated heterocycles. The number of carbonyl (C=O) groups excluding carboxylic acids is 1. The first-order valence-corrected chi connectivity index (χ1v) is 9.09. The van der Waals surface area contributed by atoms with Crippen molar-refractivity contribution in [3.63, 3.8) is 0 Å². The number of ether oxygens (including phenoxy) is 1. The number of hydrogen-bond acceptors (Lipinski definition) is 5.